The van der Waals surface area contributed by atoms with Gasteiger partial charge in [0.2, 0.25) is 0 Å². The monoisotopic (exact) mass is 432 g/mol. The third kappa shape index (κ3) is 4.27. The fourth-order valence-corrected chi connectivity index (χ4v) is 3.76. The van der Waals surface area contributed by atoms with Gasteiger partial charge in [0.15, 0.2) is 23.4 Å². The van der Waals surface area contributed by atoms with Crippen molar-refractivity contribution in [1.82, 2.24) is 0 Å². The number of ketones is 1. The summed E-state index contributed by atoms with van der Waals surface area (Å²) in [5.41, 5.74) is 2.39. The normalized spacial score (nSPS) is 19.0. The van der Waals surface area contributed by atoms with E-state index in [0.29, 0.717) is 42.6 Å². The van der Waals surface area contributed by atoms with E-state index in [2.05, 4.69) is 0 Å². The van der Waals surface area contributed by atoms with E-state index in [9.17, 15) is 4.79 Å². The Morgan fingerprint density at radius 3 is 2.59 bits per heavy atom. The van der Waals surface area contributed by atoms with E-state index in [1.54, 1.807) is 25.3 Å². The highest BCUT2D eigenvalue weighted by Gasteiger charge is 2.47. The van der Waals surface area contributed by atoms with Gasteiger partial charge in [0.25, 0.3) is 0 Å². The second-order valence-corrected chi connectivity index (χ2v) is 7.73. The molecule has 0 spiro atoms. The average Bonchev–Trinajstić information content (AvgIpc) is 3.66. The van der Waals surface area contributed by atoms with Crippen LogP contribution in [0.2, 0.25) is 0 Å². The van der Waals surface area contributed by atoms with Crippen LogP contribution in [0.25, 0.3) is 0 Å². The summed E-state index contributed by atoms with van der Waals surface area (Å²) in [4.78, 5) is 13.3. The Labute approximate surface area is 186 Å². The van der Waals surface area contributed by atoms with Crippen molar-refractivity contribution in [1.29, 1.82) is 0 Å². The number of fused-ring (bicyclic) bond motifs is 1. The predicted molar refractivity (Wildman–Crippen MR) is 118 cm³/mol. The molecular formula is C26H24O6. The molecule has 1 fully saturated rings. The van der Waals surface area contributed by atoms with Gasteiger partial charge in [-0.25, -0.2) is 0 Å². The molecule has 0 aliphatic carbocycles. The van der Waals surface area contributed by atoms with Crippen LogP contribution in [-0.2, 0) is 11.3 Å². The first-order valence-corrected chi connectivity index (χ1v) is 10.7. The molecule has 0 bridgehead atoms. The van der Waals surface area contributed by atoms with Crippen LogP contribution in [0.4, 0.5) is 0 Å². The van der Waals surface area contributed by atoms with Crippen molar-refractivity contribution in [2.75, 3.05) is 20.3 Å². The van der Waals surface area contributed by atoms with Gasteiger partial charge in [-0.15, -0.1) is 0 Å². The van der Waals surface area contributed by atoms with Crippen LogP contribution in [0.15, 0.2) is 66.7 Å². The maximum atomic E-state index is 13.3. The summed E-state index contributed by atoms with van der Waals surface area (Å²) >= 11 is 0. The summed E-state index contributed by atoms with van der Waals surface area (Å²) < 4.78 is 28.6. The Morgan fingerprint density at radius 1 is 0.969 bits per heavy atom. The molecule has 0 amide bonds. The van der Waals surface area contributed by atoms with Gasteiger partial charge in [-0.1, -0.05) is 36.4 Å². The van der Waals surface area contributed by atoms with E-state index < -0.39 is 6.10 Å². The first-order valence-electron chi connectivity index (χ1n) is 10.7. The van der Waals surface area contributed by atoms with Crippen LogP contribution in [0.5, 0.6) is 23.0 Å². The maximum absolute atomic E-state index is 13.3. The maximum Gasteiger partial charge on any atom is 0.198 e. The molecule has 2 aliphatic rings. The molecule has 164 valence electrons. The number of methoxy groups -OCH3 is 1. The Hall–Kier alpha value is -3.51. The molecule has 32 heavy (non-hydrogen) atoms. The van der Waals surface area contributed by atoms with Crippen molar-refractivity contribution >= 4 is 5.78 Å². The highest BCUT2D eigenvalue weighted by Crippen LogP contribution is 2.44. The number of benzene rings is 3. The Morgan fingerprint density at radius 2 is 1.78 bits per heavy atom. The Balaban J connectivity index is 1.34. The molecule has 2 unspecified atom stereocenters. The summed E-state index contributed by atoms with van der Waals surface area (Å²) in [5, 5.41) is 0. The zero-order valence-electron chi connectivity index (χ0n) is 17.8. The van der Waals surface area contributed by atoms with Gasteiger partial charge in [-0.2, -0.15) is 0 Å². The van der Waals surface area contributed by atoms with Gasteiger partial charge in [-0.05, 0) is 35.4 Å². The molecule has 3 aromatic carbocycles. The smallest absolute Gasteiger partial charge is 0.198 e. The molecule has 0 N–H and O–H groups in total. The van der Waals surface area contributed by atoms with E-state index >= 15 is 0 Å². The SMILES string of the molecule is COc1ccc(C(=O)C2OC2c2ccc3c(c2)OCCCO3)c(OCc2ccccc2)c1. The lowest BCUT2D eigenvalue weighted by atomic mass is 10.0. The predicted octanol–water partition coefficient (Wildman–Crippen LogP) is 4.76. The molecule has 2 heterocycles. The van der Waals surface area contributed by atoms with Gasteiger partial charge < -0.3 is 23.7 Å². The summed E-state index contributed by atoms with van der Waals surface area (Å²) in [6.07, 6.45) is -0.0372. The largest absolute Gasteiger partial charge is 0.497 e. The summed E-state index contributed by atoms with van der Waals surface area (Å²) in [6.45, 7) is 1.60. The molecule has 1 saturated heterocycles. The summed E-state index contributed by atoms with van der Waals surface area (Å²) in [7, 11) is 1.59. The van der Waals surface area contributed by atoms with Crippen LogP contribution < -0.4 is 18.9 Å². The van der Waals surface area contributed by atoms with Gasteiger partial charge in [0.1, 0.15) is 24.2 Å². The minimum Gasteiger partial charge on any atom is -0.497 e. The van der Waals surface area contributed by atoms with Gasteiger partial charge >= 0.3 is 0 Å². The van der Waals surface area contributed by atoms with E-state index in [4.69, 9.17) is 23.7 Å². The molecule has 6 nitrogen and oxygen atoms in total. The highest BCUT2D eigenvalue weighted by atomic mass is 16.6. The third-order valence-electron chi connectivity index (χ3n) is 5.54. The lowest BCUT2D eigenvalue weighted by molar-refractivity contribution is 0.0949. The fourth-order valence-electron chi connectivity index (χ4n) is 3.76. The van der Waals surface area contributed by atoms with Crippen LogP contribution in [0.3, 0.4) is 0 Å². The third-order valence-corrected chi connectivity index (χ3v) is 5.54. The van der Waals surface area contributed by atoms with Crippen LogP contribution >= 0.6 is 0 Å². The quantitative estimate of drug-likeness (QED) is 0.396. The van der Waals surface area contributed by atoms with Crippen molar-refractivity contribution in [2.24, 2.45) is 0 Å². The number of rotatable bonds is 7. The van der Waals surface area contributed by atoms with E-state index in [0.717, 1.165) is 23.3 Å². The number of hydrogen-bond acceptors (Lipinski definition) is 6. The molecule has 0 radical (unpaired) electrons. The summed E-state index contributed by atoms with van der Waals surface area (Å²) in [6, 6.07) is 20.7. The number of epoxide rings is 1. The number of carbonyl (C=O) groups excluding carboxylic acids is 1. The molecule has 2 atom stereocenters. The molecule has 5 rings (SSSR count). The van der Waals surface area contributed by atoms with Crippen LogP contribution in [0, 0.1) is 0 Å². The van der Waals surface area contributed by atoms with E-state index in [1.807, 2.05) is 48.5 Å². The van der Waals surface area contributed by atoms with E-state index in [-0.39, 0.29) is 11.9 Å². The lowest BCUT2D eigenvalue weighted by Crippen LogP contribution is -2.11. The number of ether oxygens (including phenoxy) is 5. The van der Waals surface area contributed by atoms with Crippen molar-refractivity contribution in [3.63, 3.8) is 0 Å². The Kier molecular flexibility index (Phi) is 5.69. The Bertz CT molecular complexity index is 1110. The van der Waals surface area contributed by atoms with Crippen LogP contribution in [-0.4, -0.2) is 32.2 Å². The zero-order chi connectivity index (χ0) is 21.9. The number of Topliss-reactive ketones (excluding diaryl/α,β-unsaturated/α-hetero) is 1. The second-order valence-electron chi connectivity index (χ2n) is 7.73. The average molecular weight is 432 g/mol. The van der Waals surface area contributed by atoms with Crippen molar-refractivity contribution < 1.29 is 28.5 Å². The standard InChI is InChI=1S/C26H24O6/c1-28-19-9-10-20(22(15-19)31-16-17-6-3-2-4-7-17)24(27)26-25(32-26)18-8-11-21-23(14-18)30-13-5-12-29-21/h2-4,6-11,14-15,25-26H,5,12-13,16H2,1H3. The minimum atomic E-state index is -0.563. The van der Waals surface area contributed by atoms with Gasteiger partial charge in [0.05, 0.1) is 25.9 Å². The number of hydrogen-bond donors (Lipinski definition) is 0. The van der Waals surface area contributed by atoms with Crippen molar-refractivity contribution in [2.45, 2.75) is 25.2 Å². The molecule has 0 saturated carbocycles. The second kappa shape index (κ2) is 8.93. The summed E-state index contributed by atoms with van der Waals surface area (Å²) in [5.74, 6) is 2.40. The lowest BCUT2D eigenvalue weighted by Gasteiger charge is -2.12. The molecular weight excluding hydrogens is 408 g/mol. The van der Waals surface area contributed by atoms with Gasteiger partial charge in [0, 0.05) is 12.5 Å². The topological polar surface area (TPSA) is 66.5 Å². The molecule has 3 aromatic rings. The zero-order valence-corrected chi connectivity index (χ0v) is 17.8. The number of carbonyl (C=O) groups is 1. The molecule has 6 heteroatoms. The van der Waals surface area contributed by atoms with Crippen molar-refractivity contribution in [3.05, 3.63) is 83.4 Å². The molecule has 0 aromatic heterocycles. The first-order chi connectivity index (χ1) is 15.7. The van der Waals surface area contributed by atoms with E-state index in [1.165, 1.54) is 0 Å². The fraction of sp³-hybridized carbons (Fsp3) is 0.269. The van der Waals surface area contributed by atoms with Gasteiger partial charge in [-0.3, -0.25) is 4.79 Å². The molecule has 2 aliphatic heterocycles. The van der Waals surface area contributed by atoms with Crippen LogP contribution in [0.1, 0.15) is 34.0 Å². The first kappa shape index (κ1) is 20.4. The minimum absolute atomic E-state index is 0.118. The van der Waals surface area contributed by atoms with Crippen molar-refractivity contribution in [3.8, 4) is 23.0 Å². The highest BCUT2D eigenvalue weighted by molar-refractivity contribution is 6.03.